The van der Waals surface area contributed by atoms with Crippen molar-refractivity contribution < 1.29 is 14.0 Å². The molecule has 0 saturated heterocycles. The van der Waals surface area contributed by atoms with Crippen molar-refractivity contribution in [1.82, 2.24) is 10.2 Å². The Morgan fingerprint density at radius 1 is 1.17 bits per heavy atom. The zero-order valence-electron chi connectivity index (χ0n) is 17.5. The van der Waals surface area contributed by atoms with Gasteiger partial charge in [-0.1, -0.05) is 56.5 Å². The average Bonchev–Trinajstić information content (AvgIpc) is 3.22. The quantitative estimate of drug-likeness (QED) is 0.747. The normalized spacial score (nSPS) is 19.7. The van der Waals surface area contributed by atoms with Gasteiger partial charge in [-0.25, -0.2) is 4.39 Å². The summed E-state index contributed by atoms with van der Waals surface area (Å²) in [6.07, 6.45) is 5.65. The van der Waals surface area contributed by atoms with Crippen molar-refractivity contribution in [3.8, 4) is 0 Å². The maximum Gasteiger partial charge on any atom is 0.254 e. The Bertz CT molecular complexity index is 936. The highest BCUT2D eigenvalue weighted by Gasteiger charge is 2.55. The van der Waals surface area contributed by atoms with Crippen LogP contribution >= 0.6 is 0 Å². The van der Waals surface area contributed by atoms with Crippen LogP contribution in [-0.2, 0) is 11.3 Å². The van der Waals surface area contributed by atoms with Crippen LogP contribution in [0.15, 0.2) is 48.5 Å². The molecule has 0 aromatic heterocycles. The molecule has 4 rings (SSSR count). The molecule has 5 heteroatoms. The Labute approximate surface area is 177 Å². The molecule has 0 unspecified atom stereocenters. The van der Waals surface area contributed by atoms with E-state index in [1.165, 1.54) is 12.1 Å². The molecule has 1 atom stereocenters. The van der Waals surface area contributed by atoms with E-state index in [0.29, 0.717) is 12.1 Å². The van der Waals surface area contributed by atoms with Gasteiger partial charge in [-0.2, -0.15) is 0 Å². The molecule has 2 amide bonds. The lowest BCUT2D eigenvalue weighted by molar-refractivity contribution is -0.126. The molecule has 1 spiro atoms. The van der Waals surface area contributed by atoms with Crippen LogP contribution in [0.25, 0.3) is 0 Å². The van der Waals surface area contributed by atoms with Gasteiger partial charge in [0.2, 0.25) is 5.91 Å². The van der Waals surface area contributed by atoms with E-state index in [4.69, 9.17) is 0 Å². The highest BCUT2D eigenvalue weighted by Crippen LogP contribution is 2.50. The van der Waals surface area contributed by atoms with E-state index in [9.17, 15) is 14.0 Å². The van der Waals surface area contributed by atoms with E-state index < -0.39 is 11.5 Å². The van der Waals surface area contributed by atoms with Crippen molar-refractivity contribution in [2.45, 2.75) is 63.5 Å². The molecule has 0 radical (unpaired) electrons. The molecule has 2 aromatic carbocycles. The summed E-state index contributed by atoms with van der Waals surface area (Å²) in [5.74, 6) is -0.745. The molecule has 158 valence electrons. The molecule has 4 nitrogen and oxygen atoms in total. The van der Waals surface area contributed by atoms with E-state index in [0.717, 1.165) is 49.7 Å². The Morgan fingerprint density at radius 3 is 2.67 bits per heavy atom. The zero-order chi connectivity index (χ0) is 21.1. The topological polar surface area (TPSA) is 49.4 Å². The molecule has 1 fully saturated rings. The number of unbranched alkanes of at least 4 members (excludes halogenated alkanes) is 1. The van der Waals surface area contributed by atoms with Crippen molar-refractivity contribution in [3.63, 3.8) is 0 Å². The van der Waals surface area contributed by atoms with Crippen molar-refractivity contribution in [1.29, 1.82) is 0 Å². The summed E-state index contributed by atoms with van der Waals surface area (Å²) in [5.41, 5.74) is 1.73. The third kappa shape index (κ3) is 3.62. The van der Waals surface area contributed by atoms with Crippen LogP contribution in [0.3, 0.4) is 0 Å². The van der Waals surface area contributed by atoms with Gasteiger partial charge in [-0.3, -0.25) is 9.59 Å². The largest absolute Gasteiger partial charge is 0.351 e. The van der Waals surface area contributed by atoms with Crippen LogP contribution in [0.4, 0.5) is 4.39 Å². The number of amides is 2. The monoisotopic (exact) mass is 408 g/mol. The maximum absolute atomic E-state index is 13.6. The number of carbonyl (C=O) groups is 2. The standard InChI is InChI=1S/C25H29FN2O2/c1-2-3-15-28-24(30)21-12-5-4-11-20(21)22(25(28)13-6-7-14-25)23(29)27-17-18-9-8-10-19(26)16-18/h4-5,8-12,16,22H,2-3,6-7,13-15,17H2,1H3,(H,27,29)/t22-/m1/s1. The minimum absolute atomic E-state index is 0.0510. The van der Waals surface area contributed by atoms with Crippen LogP contribution in [-0.4, -0.2) is 28.8 Å². The summed E-state index contributed by atoms with van der Waals surface area (Å²) < 4.78 is 13.5. The van der Waals surface area contributed by atoms with Crippen molar-refractivity contribution in [2.75, 3.05) is 6.54 Å². The minimum atomic E-state index is -0.466. The summed E-state index contributed by atoms with van der Waals surface area (Å²) in [5, 5.41) is 3.04. The SMILES string of the molecule is CCCCN1C(=O)c2ccccc2[C@H](C(=O)NCc2cccc(F)c2)C12CCCC2. The maximum atomic E-state index is 13.6. The number of benzene rings is 2. The van der Waals surface area contributed by atoms with E-state index in [1.54, 1.807) is 12.1 Å². The lowest BCUT2D eigenvalue weighted by atomic mass is 9.71. The Hall–Kier alpha value is -2.69. The molecule has 1 aliphatic carbocycles. The molecule has 1 saturated carbocycles. The number of rotatable bonds is 6. The number of carbonyl (C=O) groups excluding carboxylic acids is 2. The average molecular weight is 409 g/mol. The van der Waals surface area contributed by atoms with Crippen LogP contribution in [0.2, 0.25) is 0 Å². The fraction of sp³-hybridized carbons (Fsp3) is 0.440. The van der Waals surface area contributed by atoms with Gasteiger partial charge in [0.1, 0.15) is 5.82 Å². The number of halogens is 1. The summed E-state index contributed by atoms with van der Waals surface area (Å²) >= 11 is 0. The minimum Gasteiger partial charge on any atom is -0.351 e. The number of hydrogen-bond donors (Lipinski definition) is 1. The third-order valence-corrected chi connectivity index (χ3v) is 6.64. The van der Waals surface area contributed by atoms with Gasteiger partial charge in [-0.15, -0.1) is 0 Å². The lowest BCUT2D eigenvalue weighted by Gasteiger charge is -2.50. The first-order valence-electron chi connectivity index (χ1n) is 11.0. The zero-order valence-corrected chi connectivity index (χ0v) is 17.5. The number of nitrogens with zero attached hydrogens (tertiary/aromatic N) is 1. The van der Waals surface area contributed by atoms with E-state index in [1.807, 2.05) is 29.2 Å². The summed E-state index contributed by atoms with van der Waals surface area (Å²) in [4.78, 5) is 29.0. The highest BCUT2D eigenvalue weighted by atomic mass is 19.1. The molecule has 1 aliphatic heterocycles. The Morgan fingerprint density at radius 2 is 1.93 bits per heavy atom. The van der Waals surface area contributed by atoms with Gasteiger partial charge in [0.25, 0.3) is 5.91 Å². The molecule has 1 heterocycles. The number of hydrogen-bond acceptors (Lipinski definition) is 2. The second kappa shape index (κ2) is 8.58. The molecule has 0 bridgehead atoms. The van der Waals surface area contributed by atoms with E-state index in [-0.39, 0.29) is 24.2 Å². The van der Waals surface area contributed by atoms with E-state index >= 15 is 0 Å². The van der Waals surface area contributed by atoms with Gasteiger partial charge in [0, 0.05) is 18.7 Å². The molecule has 2 aliphatic rings. The van der Waals surface area contributed by atoms with Crippen molar-refractivity contribution in [3.05, 3.63) is 71.0 Å². The first-order chi connectivity index (χ1) is 14.6. The van der Waals surface area contributed by atoms with Gasteiger partial charge in [0.05, 0.1) is 11.5 Å². The summed E-state index contributed by atoms with van der Waals surface area (Å²) in [6, 6.07) is 13.8. The lowest BCUT2D eigenvalue weighted by Crippen LogP contribution is -2.60. The van der Waals surface area contributed by atoms with Gasteiger partial charge in [-0.05, 0) is 48.6 Å². The Kier molecular flexibility index (Phi) is 5.89. The van der Waals surface area contributed by atoms with Crippen LogP contribution in [0.1, 0.15) is 72.9 Å². The van der Waals surface area contributed by atoms with Gasteiger partial charge >= 0.3 is 0 Å². The number of fused-ring (bicyclic) bond motifs is 1. The Balaban J connectivity index is 1.70. The first kappa shape index (κ1) is 20.6. The third-order valence-electron chi connectivity index (χ3n) is 6.64. The van der Waals surface area contributed by atoms with Gasteiger partial charge < -0.3 is 10.2 Å². The van der Waals surface area contributed by atoms with Crippen LogP contribution in [0, 0.1) is 5.82 Å². The predicted octanol–water partition coefficient (Wildman–Crippen LogP) is 4.79. The molecule has 1 N–H and O–H groups in total. The summed E-state index contributed by atoms with van der Waals surface area (Å²) in [7, 11) is 0. The van der Waals surface area contributed by atoms with Crippen molar-refractivity contribution >= 4 is 11.8 Å². The number of nitrogens with one attached hydrogen (secondary N) is 1. The fourth-order valence-electron chi connectivity index (χ4n) is 5.25. The van der Waals surface area contributed by atoms with Crippen molar-refractivity contribution in [2.24, 2.45) is 0 Å². The highest BCUT2D eigenvalue weighted by molar-refractivity contribution is 6.02. The molecule has 30 heavy (non-hydrogen) atoms. The van der Waals surface area contributed by atoms with Crippen LogP contribution < -0.4 is 5.32 Å². The summed E-state index contributed by atoms with van der Waals surface area (Å²) in [6.45, 7) is 3.07. The second-order valence-corrected chi connectivity index (χ2v) is 8.49. The smallest absolute Gasteiger partial charge is 0.254 e. The first-order valence-corrected chi connectivity index (χ1v) is 11.0. The predicted molar refractivity (Wildman–Crippen MR) is 115 cm³/mol. The molecule has 2 aromatic rings. The fourth-order valence-corrected chi connectivity index (χ4v) is 5.25. The molecular weight excluding hydrogens is 379 g/mol. The molecular formula is C25H29FN2O2. The van der Waals surface area contributed by atoms with Crippen LogP contribution in [0.5, 0.6) is 0 Å². The van der Waals surface area contributed by atoms with Gasteiger partial charge in [0.15, 0.2) is 0 Å². The van der Waals surface area contributed by atoms with E-state index in [2.05, 4.69) is 12.2 Å². The second-order valence-electron chi connectivity index (χ2n) is 8.49.